The summed E-state index contributed by atoms with van der Waals surface area (Å²) in [6.07, 6.45) is 2.38. The number of amides is 2. The van der Waals surface area contributed by atoms with Gasteiger partial charge in [-0.05, 0) is 43.5 Å². The van der Waals surface area contributed by atoms with E-state index in [4.69, 9.17) is 5.11 Å². The Bertz CT molecular complexity index is 535. The maximum absolute atomic E-state index is 11.6. The molecule has 0 heterocycles. The number of hydrogen-bond donors (Lipinski definition) is 3. The SMILES string of the molecule is O=C(O)CCCC(=O)Nc1ccc(NC(=O)C2CC2)cc1. The van der Waals surface area contributed by atoms with Gasteiger partial charge in [0.15, 0.2) is 0 Å². The van der Waals surface area contributed by atoms with Crippen LogP contribution in [0.5, 0.6) is 0 Å². The molecule has 21 heavy (non-hydrogen) atoms. The predicted molar refractivity (Wildman–Crippen MR) is 77.9 cm³/mol. The van der Waals surface area contributed by atoms with E-state index in [1.807, 2.05) is 0 Å². The van der Waals surface area contributed by atoms with Gasteiger partial charge in [-0.15, -0.1) is 0 Å². The predicted octanol–water partition coefficient (Wildman–Crippen LogP) is 2.23. The molecule has 2 amide bonds. The molecule has 1 aromatic rings. The third-order valence-corrected chi connectivity index (χ3v) is 3.18. The molecule has 112 valence electrons. The van der Waals surface area contributed by atoms with E-state index in [9.17, 15) is 14.4 Å². The second kappa shape index (κ2) is 6.88. The smallest absolute Gasteiger partial charge is 0.303 e. The van der Waals surface area contributed by atoms with E-state index in [2.05, 4.69) is 10.6 Å². The van der Waals surface area contributed by atoms with E-state index >= 15 is 0 Å². The highest BCUT2D eigenvalue weighted by Gasteiger charge is 2.29. The molecular formula is C15H18N2O4. The minimum atomic E-state index is -0.904. The van der Waals surface area contributed by atoms with E-state index < -0.39 is 5.97 Å². The Morgan fingerprint density at radius 3 is 2.10 bits per heavy atom. The highest BCUT2D eigenvalue weighted by Crippen LogP contribution is 2.30. The molecule has 1 fully saturated rings. The molecule has 0 aromatic heterocycles. The molecule has 0 aliphatic heterocycles. The Hall–Kier alpha value is -2.37. The van der Waals surface area contributed by atoms with Crippen LogP contribution >= 0.6 is 0 Å². The zero-order chi connectivity index (χ0) is 15.2. The van der Waals surface area contributed by atoms with E-state index in [1.165, 1.54) is 0 Å². The summed E-state index contributed by atoms with van der Waals surface area (Å²) in [7, 11) is 0. The van der Waals surface area contributed by atoms with Gasteiger partial charge in [-0.25, -0.2) is 0 Å². The summed E-state index contributed by atoms with van der Waals surface area (Å²) < 4.78 is 0. The molecule has 6 heteroatoms. The van der Waals surface area contributed by atoms with Gasteiger partial charge >= 0.3 is 5.97 Å². The van der Waals surface area contributed by atoms with Crippen molar-refractivity contribution < 1.29 is 19.5 Å². The van der Waals surface area contributed by atoms with Crippen molar-refractivity contribution in [2.75, 3.05) is 10.6 Å². The lowest BCUT2D eigenvalue weighted by Crippen LogP contribution is -2.14. The van der Waals surface area contributed by atoms with Crippen LogP contribution in [0.2, 0.25) is 0 Å². The number of carboxylic acids is 1. The summed E-state index contributed by atoms with van der Waals surface area (Å²) in [4.78, 5) is 33.5. The van der Waals surface area contributed by atoms with Gasteiger partial charge in [-0.3, -0.25) is 14.4 Å². The summed E-state index contributed by atoms with van der Waals surface area (Å²) in [6.45, 7) is 0. The van der Waals surface area contributed by atoms with Crippen molar-refractivity contribution in [1.29, 1.82) is 0 Å². The van der Waals surface area contributed by atoms with Crippen molar-refractivity contribution in [3.05, 3.63) is 24.3 Å². The summed E-state index contributed by atoms with van der Waals surface area (Å²) in [5.74, 6) is -0.927. The number of carboxylic acid groups (broad SMARTS) is 1. The van der Waals surface area contributed by atoms with Crippen molar-refractivity contribution in [2.24, 2.45) is 5.92 Å². The van der Waals surface area contributed by atoms with Crippen LogP contribution in [0.15, 0.2) is 24.3 Å². The molecular weight excluding hydrogens is 272 g/mol. The number of hydrogen-bond acceptors (Lipinski definition) is 3. The monoisotopic (exact) mass is 290 g/mol. The van der Waals surface area contributed by atoms with E-state index in [1.54, 1.807) is 24.3 Å². The second-order valence-electron chi connectivity index (χ2n) is 5.14. The van der Waals surface area contributed by atoms with E-state index in [0.717, 1.165) is 12.8 Å². The standard InChI is InChI=1S/C15H18N2O4/c18-13(2-1-3-14(19)20)16-11-6-8-12(9-7-11)17-15(21)10-4-5-10/h6-10H,1-5H2,(H,16,18)(H,17,21)(H,19,20). The first-order valence-electron chi connectivity index (χ1n) is 6.97. The molecule has 2 rings (SSSR count). The molecule has 0 radical (unpaired) electrons. The third kappa shape index (κ3) is 5.25. The molecule has 0 bridgehead atoms. The maximum Gasteiger partial charge on any atom is 0.303 e. The fourth-order valence-corrected chi connectivity index (χ4v) is 1.85. The summed E-state index contributed by atoms with van der Waals surface area (Å²) in [5.41, 5.74) is 1.33. The van der Waals surface area contributed by atoms with Gasteiger partial charge in [0.05, 0.1) is 0 Å². The lowest BCUT2D eigenvalue weighted by Gasteiger charge is -2.07. The maximum atomic E-state index is 11.6. The lowest BCUT2D eigenvalue weighted by molar-refractivity contribution is -0.137. The van der Waals surface area contributed by atoms with Crippen LogP contribution in [0, 0.1) is 5.92 Å². The lowest BCUT2D eigenvalue weighted by atomic mass is 10.2. The highest BCUT2D eigenvalue weighted by atomic mass is 16.4. The number of nitrogens with one attached hydrogen (secondary N) is 2. The van der Waals surface area contributed by atoms with Gasteiger partial charge in [0.2, 0.25) is 11.8 Å². The molecule has 6 nitrogen and oxygen atoms in total. The van der Waals surface area contributed by atoms with Crippen molar-refractivity contribution in [3.63, 3.8) is 0 Å². The van der Waals surface area contributed by atoms with Crippen LogP contribution in [-0.4, -0.2) is 22.9 Å². The molecule has 0 atom stereocenters. The summed E-state index contributed by atoms with van der Waals surface area (Å²) in [6, 6.07) is 6.87. The normalized spacial score (nSPS) is 13.5. The zero-order valence-electron chi connectivity index (χ0n) is 11.6. The van der Waals surface area contributed by atoms with Crippen LogP contribution in [0.25, 0.3) is 0 Å². The number of carbonyl (C=O) groups excluding carboxylic acids is 2. The molecule has 0 saturated heterocycles. The molecule has 1 aliphatic carbocycles. The number of carbonyl (C=O) groups is 3. The average molecular weight is 290 g/mol. The highest BCUT2D eigenvalue weighted by molar-refractivity contribution is 5.95. The van der Waals surface area contributed by atoms with Gasteiger partial charge in [-0.2, -0.15) is 0 Å². The Labute approximate surface area is 122 Å². The van der Waals surface area contributed by atoms with Crippen LogP contribution in [0.4, 0.5) is 11.4 Å². The number of rotatable bonds is 7. The van der Waals surface area contributed by atoms with Crippen LogP contribution in [0.1, 0.15) is 32.1 Å². The van der Waals surface area contributed by atoms with Gasteiger partial charge < -0.3 is 15.7 Å². The van der Waals surface area contributed by atoms with Crippen LogP contribution < -0.4 is 10.6 Å². The van der Waals surface area contributed by atoms with Gasteiger partial charge in [0.1, 0.15) is 0 Å². The van der Waals surface area contributed by atoms with Crippen LogP contribution in [-0.2, 0) is 14.4 Å². The first-order chi connectivity index (χ1) is 10.0. The molecule has 1 aromatic carbocycles. The Balaban J connectivity index is 1.77. The summed E-state index contributed by atoms with van der Waals surface area (Å²) >= 11 is 0. The van der Waals surface area contributed by atoms with E-state index in [-0.39, 0.29) is 30.6 Å². The molecule has 0 unspecified atom stereocenters. The quantitative estimate of drug-likeness (QED) is 0.717. The number of anilines is 2. The molecule has 1 saturated carbocycles. The van der Waals surface area contributed by atoms with E-state index in [0.29, 0.717) is 17.8 Å². The first kappa shape index (κ1) is 15.0. The van der Waals surface area contributed by atoms with Crippen molar-refractivity contribution in [1.82, 2.24) is 0 Å². The second-order valence-corrected chi connectivity index (χ2v) is 5.14. The fraction of sp³-hybridized carbons (Fsp3) is 0.400. The fourth-order valence-electron chi connectivity index (χ4n) is 1.85. The number of aliphatic carboxylic acids is 1. The van der Waals surface area contributed by atoms with Gasteiger partial charge in [0, 0.05) is 30.1 Å². The number of benzene rings is 1. The topological polar surface area (TPSA) is 95.5 Å². The third-order valence-electron chi connectivity index (χ3n) is 3.18. The molecule has 1 aliphatic rings. The minimum Gasteiger partial charge on any atom is -0.481 e. The van der Waals surface area contributed by atoms with Gasteiger partial charge in [-0.1, -0.05) is 0 Å². The zero-order valence-corrected chi connectivity index (χ0v) is 11.6. The van der Waals surface area contributed by atoms with Crippen molar-refractivity contribution in [3.8, 4) is 0 Å². The molecule has 3 N–H and O–H groups in total. The largest absolute Gasteiger partial charge is 0.481 e. The Morgan fingerprint density at radius 2 is 1.57 bits per heavy atom. The molecule has 0 spiro atoms. The van der Waals surface area contributed by atoms with Gasteiger partial charge in [0.25, 0.3) is 0 Å². The van der Waals surface area contributed by atoms with Crippen LogP contribution in [0.3, 0.4) is 0 Å². The average Bonchev–Trinajstić information content (AvgIpc) is 3.25. The van der Waals surface area contributed by atoms with Crippen molar-refractivity contribution in [2.45, 2.75) is 32.1 Å². The van der Waals surface area contributed by atoms with Crippen molar-refractivity contribution >= 4 is 29.2 Å². The Kier molecular flexibility index (Phi) is 4.92. The summed E-state index contributed by atoms with van der Waals surface area (Å²) in [5, 5.41) is 14.0. The Morgan fingerprint density at radius 1 is 1.00 bits per heavy atom. The minimum absolute atomic E-state index is 0.0143. The first-order valence-corrected chi connectivity index (χ1v) is 6.97.